The van der Waals surface area contributed by atoms with Crippen molar-refractivity contribution in [2.45, 2.75) is 31.3 Å². The molecule has 2 heterocycles. The standard InChI is InChI=1S/C19H24FN7O/c1-27(16-4-2-3-15-13(16)9-23-26-15)18-14(20)10-22-19(25-18)24-12-7-5-11(6-8-12)17(21)28/h5-8,10,13,15-16,23,26H,2-4,9H2,1H3,(H2,21,28)(H,22,24,25). The summed E-state index contributed by atoms with van der Waals surface area (Å²) in [5, 5.41) is 3.05. The molecule has 0 spiro atoms. The van der Waals surface area contributed by atoms with Crippen LogP contribution in [0, 0.1) is 11.7 Å². The highest BCUT2D eigenvalue weighted by molar-refractivity contribution is 5.93. The third-order valence-corrected chi connectivity index (χ3v) is 5.63. The van der Waals surface area contributed by atoms with E-state index < -0.39 is 11.7 Å². The smallest absolute Gasteiger partial charge is 0.248 e. The van der Waals surface area contributed by atoms with Gasteiger partial charge in [-0.25, -0.2) is 9.37 Å². The van der Waals surface area contributed by atoms with Crippen LogP contribution in [0.4, 0.5) is 21.8 Å². The number of primary amides is 1. The fraction of sp³-hybridized carbons (Fsp3) is 0.421. The number of nitrogens with zero attached hydrogens (tertiary/aromatic N) is 3. The van der Waals surface area contributed by atoms with Gasteiger partial charge < -0.3 is 16.0 Å². The second-order valence-corrected chi connectivity index (χ2v) is 7.34. The van der Waals surface area contributed by atoms with Crippen LogP contribution in [0.5, 0.6) is 0 Å². The first-order valence-corrected chi connectivity index (χ1v) is 9.43. The van der Waals surface area contributed by atoms with E-state index >= 15 is 0 Å². The number of rotatable bonds is 5. The van der Waals surface area contributed by atoms with Crippen molar-refractivity contribution in [3.63, 3.8) is 0 Å². The topological polar surface area (TPSA) is 108 Å². The summed E-state index contributed by atoms with van der Waals surface area (Å²) in [6, 6.07) is 7.25. The molecule has 9 heteroatoms. The highest BCUT2D eigenvalue weighted by Gasteiger charge is 2.39. The summed E-state index contributed by atoms with van der Waals surface area (Å²) in [6.45, 7) is 0.865. The summed E-state index contributed by atoms with van der Waals surface area (Å²) < 4.78 is 14.5. The van der Waals surface area contributed by atoms with E-state index in [4.69, 9.17) is 5.73 Å². The number of halogens is 1. The number of carbonyl (C=O) groups is 1. The molecule has 1 saturated heterocycles. The lowest BCUT2D eigenvalue weighted by Crippen LogP contribution is -2.47. The molecule has 3 atom stereocenters. The summed E-state index contributed by atoms with van der Waals surface area (Å²) in [7, 11) is 1.89. The van der Waals surface area contributed by atoms with Crippen LogP contribution in [0.25, 0.3) is 0 Å². The zero-order valence-electron chi connectivity index (χ0n) is 15.7. The maximum atomic E-state index is 14.5. The Bertz CT molecular complexity index is 860. The molecular formula is C19H24FN7O. The van der Waals surface area contributed by atoms with Gasteiger partial charge in [0.15, 0.2) is 11.6 Å². The van der Waals surface area contributed by atoms with Gasteiger partial charge in [-0.1, -0.05) is 0 Å². The van der Waals surface area contributed by atoms with Crippen molar-refractivity contribution in [3.05, 3.63) is 41.8 Å². The molecule has 5 N–H and O–H groups in total. The summed E-state index contributed by atoms with van der Waals surface area (Å²) in [6.07, 6.45) is 4.41. The number of amides is 1. The first-order chi connectivity index (χ1) is 13.5. The minimum atomic E-state index is -0.491. The summed E-state index contributed by atoms with van der Waals surface area (Å²) in [5.74, 6) is 0.0492. The first-order valence-electron chi connectivity index (χ1n) is 9.43. The first kappa shape index (κ1) is 18.6. The highest BCUT2D eigenvalue weighted by atomic mass is 19.1. The number of hydrazine groups is 1. The molecule has 0 bridgehead atoms. The molecule has 28 heavy (non-hydrogen) atoms. The molecule has 1 aliphatic heterocycles. The molecule has 148 valence electrons. The van der Waals surface area contributed by atoms with Gasteiger partial charge in [-0.2, -0.15) is 4.98 Å². The van der Waals surface area contributed by atoms with Crippen molar-refractivity contribution in [3.8, 4) is 0 Å². The lowest BCUT2D eigenvalue weighted by molar-refractivity contribution is 0.100. The van der Waals surface area contributed by atoms with E-state index in [-0.39, 0.29) is 11.9 Å². The molecule has 1 amide bonds. The van der Waals surface area contributed by atoms with Crippen molar-refractivity contribution in [1.29, 1.82) is 0 Å². The lowest BCUT2D eigenvalue weighted by Gasteiger charge is -2.39. The Morgan fingerprint density at radius 1 is 1.32 bits per heavy atom. The van der Waals surface area contributed by atoms with Crippen molar-refractivity contribution in [2.75, 3.05) is 23.8 Å². The molecule has 2 aliphatic rings. The van der Waals surface area contributed by atoms with E-state index in [0.29, 0.717) is 29.2 Å². The van der Waals surface area contributed by atoms with Gasteiger partial charge >= 0.3 is 0 Å². The number of aromatic nitrogens is 2. The van der Waals surface area contributed by atoms with Gasteiger partial charge in [0.2, 0.25) is 11.9 Å². The minimum Gasteiger partial charge on any atom is -0.366 e. The quantitative estimate of drug-likeness (QED) is 0.618. The molecule has 1 aromatic carbocycles. The Balaban J connectivity index is 1.54. The Labute approximate surface area is 162 Å². The van der Waals surface area contributed by atoms with Crippen LogP contribution in [0.15, 0.2) is 30.5 Å². The molecule has 8 nitrogen and oxygen atoms in total. The third kappa shape index (κ3) is 3.63. The second kappa shape index (κ2) is 7.69. The number of anilines is 3. The fourth-order valence-electron chi connectivity index (χ4n) is 4.16. The number of fused-ring (bicyclic) bond motifs is 1. The van der Waals surface area contributed by atoms with E-state index in [1.807, 2.05) is 11.9 Å². The maximum Gasteiger partial charge on any atom is 0.248 e. The number of hydrogen-bond donors (Lipinski definition) is 4. The number of nitrogens with one attached hydrogen (secondary N) is 3. The average molecular weight is 385 g/mol. The van der Waals surface area contributed by atoms with Gasteiger partial charge in [-0.3, -0.25) is 15.6 Å². The molecule has 3 unspecified atom stereocenters. The maximum absolute atomic E-state index is 14.5. The Morgan fingerprint density at radius 2 is 2.11 bits per heavy atom. The lowest BCUT2D eigenvalue weighted by atomic mass is 9.81. The van der Waals surface area contributed by atoms with Crippen LogP contribution in [0.3, 0.4) is 0 Å². The predicted molar refractivity (Wildman–Crippen MR) is 105 cm³/mol. The Kier molecular flexibility index (Phi) is 5.10. The molecule has 1 saturated carbocycles. The van der Waals surface area contributed by atoms with E-state index in [2.05, 4.69) is 26.1 Å². The normalized spacial score (nSPS) is 23.9. The molecule has 2 aromatic rings. The van der Waals surface area contributed by atoms with E-state index in [1.165, 1.54) is 6.20 Å². The Morgan fingerprint density at radius 3 is 2.86 bits per heavy atom. The van der Waals surface area contributed by atoms with Crippen LogP contribution in [0.1, 0.15) is 29.6 Å². The third-order valence-electron chi connectivity index (χ3n) is 5.63. The SMILES string of the molecule is CN(c1nc(Nc2ccc(C(N)=O)cc2)ncc1F)C1CCCC2NNCC21. The van der Waals surface area contributed by atoms with Crippen molar-refractivity contribution in [2.24, 2.45) is 11.7 Å². The van der Waals surface area contributed by atoms with E-state index in [1.54, 1.807) is 24.3 Å². The van der Waals surface area contributed by atoms with Crippen LogP contribution in [-0.2, 0) is 0 Å². The zero-order chi connectivity index (χ0) is 19.7. The largest absolute Gasteiger partial charge is 0.366 e. The molecule has 0 radical (unpaired) electrons. The van der Waals surface area contributed by atoms with Gasteiger partial charge in [-0.05, 0) is 43.5 Å². The number of hydrogen-bond acceptors (Lipinski definition) is 7. The monoisotopic (exact) mass is 385 g/mol. The minimum absolute atomic E-state index is 0.202. The highest BCUT2D eigenvalue weighted by Crippen LogP contribution is 2.33. The Hall–Kier alpha value is -2.78. The number of nitrogens with two attached hydrogens (primary N) is 1. The van der Waals surface area contributed by atoms with Crippen LogP contribution in [0.2, 0.25) is 0 Å². The summed E-state index contributed by atoms with van der Waals surface area (Å²) in [5.41, 5.74) is 12.9. The average Bonchev–Trinajstić information content (AvgIpc) is 3.18. The van der Waals surface area contributed by atoms with Crippen molar-refractivity contribution < 1.29 is 9.18 Å². The second-order valence-electron chi connectivity index (χ2n) is 7.34. The molecule has 4 rings (SSSR count). The van der Waals surface area contributed by atoms with Crippen LogP contribution >= 0.6 is 0 Å². The van der Waals surface area contributed by atoms with Gasteiger partial charge in [0.25, 0.3) is 0 Å². The van der Waals surface area contributed by atoms with E-state index in [9.17, 15) is 9.18 Å². The van der Waals surface area contributed by atoms with Gasteiger partial charge in [0.1, 0.15) is 0 Å². The van der Waals surface area contributed by atoms with Crippen molar-refractivity contribution >= 4 is 23.4 Å². The molecule has 2 fully saturated rings. The van der Waals surface area contributed by atoms with Gasteiger partial charge in [0, 0.05) is 42.8 Å². The van der Waals surface area contributed by atoms with Crippen molar-refractivity contribution in [1.82, 2.24) is 20.8 Å². The molecule has 1 aliphatic carbocycles. The molecular weight excluding hydrogens is 361 g/mol. The summed E-state index contributed by atoms with van der Waals surface area (Å²) >= 11 is 0. The number of carbonyl (C=O) groups excluding carboxylic acids is 1. The number of benzene rings is 1. The van der Waals surface area contributed by atoms with Crippen LogP contribution in [-0.4, -0.2) is 41.6 Å². The van der Waals surface area contributed by atoms with Gasteiger partial charge in [-0.15, -0.1) is 0 Å². The fourth-order valence-corrected chi connectivity index (χ4v) is 4.16. The molecule has 1 aromatic heterocycles. The summed E-state index contributed by atoms with van der Waals surface area (Å²) in [4.78, 5) is 21.6. The van der Waals surface area contributed by atoms with E-state index in [0.717, 1.165) is 25.8 Å². The predicted octanol–water partition coefficient (Wildman–Crippen LogP) is 1.54. The van der Waals surface area contributed by atoms with Gasteiger partial charge in [0.05, 0.1) is 6.20 Å². The van der Waals surface area contributed by atoms with Crippen LogP contribution < -0.4 is 26.8 Å². The zero-order valence-corrected chi connectivity index (χ0v) is 15.7.